The molecule has 0 saturated carbocycles. The third-order valence-electron chi connectivity index (χ3n) is 2.82. The van der Waals surface area contributed by atoms with Crippen molar-refractivity contribution in [1.29, 1.82) is 0 Å². The van der Waals surface area contributed by atoms with Gasteiger partial charge in [-0.2, -0.15) is 0 Å². The fraction of sp³-hybridized carbons (Fsp3) is 0.429. The number of carboxylic acids is 1. The number of benzene rings is 1. The molecule has 1 N–H and O–H groups in total. The van der Waals surface area contributed by atoms with Crippen LogP contribution in [0.4, 0.5) is 0 Å². The summed E-state index contributed by atoms with van der Waals surface area (Å²) in [6.45, 7) is 3.51. The van der Waals surface area contributed by atoms with Crippen molar-refractivity contribution in [2.75, 3.05) is 13.1 Å². The molecule has 0 aromatic heterocycles. The first-order valence-electron chi connectivity index (χ1n) is 6.27. The number of hydrogen-bond donors (Lipinski definition) is 1. The van der Waals surface area contributed by atoms with Crippen LogP contribution in [-0.2, 0) is 11.2 Å². The third-order valence-corrected chi connectivity index (χ3v) is 3.48. The van der Waals surface area contributed by atoms with Crippen molar-refractivity contribution < 1.29 is 9.90 Å². The molecule has 0 atom stereocenters. The van der Waals surface area contributed by atoms with Gasteiger partial charge in [0.05, 0.1) is 4.99 Å². The Bertz CT molecular complexity index is 434. The van der Waals surface area contributed by atoms with Gasteiger partial charge in [-0.3, -0.25) is 4.79 Å². The molecule has 5 heteroatoms. The molecule has 1 aromatic rings. The van der Waals surface area contributed by atoms with Crippen LogP contribution in [0.5, 0.6) is 0 Å². The minimum absolute atomic E-state index is 0.181. The van der Waals surface area contributed by atoms with E-state index < -0.39 is 5.97 Å². The topological polar surface area (TPSA) is 40.5 Å². The lowest BCUT2D eigenvalue weighted by molar-refractivity contribution is -0.137. The van der Waals surface area contributed by atoms with Gasteiger partial charge in [0.15, 0.2) is 0 Å². The zero-order valence-electron chi connectivity index (χ0n) is 10.9. The minimum atomic E-state index is -0.764. The largest absolute Gasteiger partial charge is 0.481 e. The molecular formula is C14H18ClNO2S. The van der Waals surface area contributed by atoms with Crippen LogP contribution in [0.3, 0.4) is 0 Å². The summed E-state index contributed by atoms with van der Waals surface area (Å²) in [5.74, 6) is -0.764. The number of halogens is 1. The SMILES string of the molecule is CCN(CCCC(=O)O)C(=S)Cc1ccc(Cl)cc1. The number of carboxylic acid groups (broad SMARTS) is 1. The Morgan fingerprint density at radius 1 is 1.37 bits per heavy atom. The Morgan fingerprint density at radius 2 is 2.00 bits per heavy atom. The molecule has 104 valence electrons. The molecule has 0 aliphatic heterocycles. The van der Waals surface area contributed by atoms with Gasteiger partial charge in [0.2, 0.25) is 0 Å². The number of carbonyl (C=O) groups is 1. The number of thiocarbonyl (C=S) groups is 1. The first-order valence-corrected chi connectivity index (χ1v) is 7.05. The van der Waals surface area contributed by atoms with Crippen molar-refractivity contribution in [3.63, 3.8) is 0 Å². The van der Waals surface area contributed by atoms with Crippen LogP contribution >= 0.6 is 23.8 Å². The number of hydrogen-bond acceptors (Lipinski definition) is 2. The third kappa shape index (κ3) is 6.03. The lowest BCUT2D eigenvalue weighted by Crippen LogP contribution is -2.31. The Morgan fingerprint density at radius 3 is 2.53 bits per heavy atom. The van der Waals surface area contributed by atoms with E-state index in [9.17, 15) is 4.79 Å². The molecule has 0 aliphatic carbocycles. The molecule has 0 saturated heterocycles. The van der Waals surface area contributed by atoms with Crippen molar-refractivity contribution in [1.82, 2.24) is 4.90 Å². The Balaban J connectivity index is 2.49. The highest BCUT2D eigenvalue weighted by Crippen LogP contribution is 2.11. The second-order valence-corrected chi connectivity index (χ2v) is 5.18. The molecular weight excluding hydrogens is 282 g/mol. The maximum atomic E-state index is 10.5. The van der Waals surface area contributed by atoms with Crippen LogP contribution < -0.4 is 0 Å². The van der Waals surface area contributed by atoms with Gasteiger partial charge in [-0.15, -0.1) is 0 Å². The maximum absolute atomic E-state index is 10.5. The van der Waals surface area contributed by atoms with Gasteiger partial charge in [-0.25, -0.2) is 0 Å². The highest BCUT2D eigenvalue weighted by Gasteiger charge is 2.09. The Hall–Kier alpha value is -1.13. The molecule has 0 radical (unpaired) electrons. The van der Waals surface area contributed by atoms with Crippen LogP contribution in [0.25, 0.3) is 0 Å². The number of likely N-dealkylation sites (N-methyl/N-ethyl adjacent to an activating group) is 1. The van der Waals surface area contributed by atoms with E-state index in [4.69, 9.17) is 28.9 Å². The Labute approximate surface area is 124 Å². The van der Waals surface area contributed by atoms with E-state index >= 15 is 0 Å². The number of nitrogens with zero attached hydrogens (tertiary/aromatic N) is 1. The van der Waals surface area contributed by atoms with Gasteiger partial charge in [0, 0.05) is 31.0 Å². The number of rotatable bonds is 7. The van der Waals surface area contributed by atoms with E-state index in [2.05, 4.69) is 0 Å². The summed E-state index contributed by atoms with van der Waals surface area (Å²) >= 11 is 11.3. The summed E-state index contributed by atoms with van der Waals surface area (Å²) in [5.41, 5.74) is 1.12. The van der Waals surface area contributed by atoms with E-state index in [-0.39, 0.29) is 6.42 Å². The lowest BCUT2D eigenvalue weighted by Gasteiger charge is -2.23. The summed E-state index contributed by atoms with van der Waals surface area (Å²) in [6, 6.07) is 7.61. The molecule has 19 heavy (non-hydrogen) atoms. The van der Waals surface area contributed by atoms with Gasteiger partial charge in [0.25, 0.3) is 0 Å². The van der Waals surface area contributed by atoms with Gasteiger partial charge in [-0.05, 0) is 31.0 Å². The standard InChI is InChI=1S/C14H18ClNO2S/c1-2-16(9-3-4-14(17)18)13(19)10-11-5-7-12(15)8-6-11/h5-8H,2-4,9-10H2,1H3,(H,17,18). The van der Waals surface area contributed by atoms with Gasteiger partial charge in [0.1, 0.15) is 0 Å². The maximum Gasteiger partial charge on any atom is 0.303 e. The minimum Gasteiger partial charge on any atom is -0.481 e. The molecule has 0 bridgehead atoms. The van der Waals surface area contributed by atoms with Crippen LogP contribution in [0, 0.1) is 0 Å². The first kappa shape index (κ1) is 15.9. The van der Waals surface area contributed by atoms with Gasteiger partial charge in [-0.1, -0.05) is 36.0 Å². The van der Waals surface area contributed by atoms with Crippen molar-refractivity contribution in [3.05, 3.63) is 34.9 Å². The predicted octanol–water partition coefficient (Wildman–Crippen LogP) is 3.40. The zero-order chi connectivity index (χ0) is 14.3. The molecule has 0 unspecified atom stereocenters. The van der Waals surface area contributed by atoms with Crippen molar-refractivity contribution in [3.8, 4) is 0 Å². The molecule has 1 rings (SSSR count). The average molecular weight is 300 g/mol. The summed E-state index contributed by atoms with van der Waals surface area (Å²) in [4.78, 5) is 13.4. The van der Waals surface area contributed by atoms with Crippen LogP contribution in [-0.4, -0.2) is 34.1 Å². The average Bonchev–Trinajstić information content (AvgIpc) is 2.37. The summed E-state index contributed by atoms with van der Waals surface area (Å²) < 4.78 is 0. The molecule has 3 nitrogen and oxygen atoms in total. The monoisotopic (exact) mass is 299 g/mol. The molecule has 0 spiro atoms. The molecule has 0 heterocycles. The molecule has 0 fully saturated rings. The van der Waals surface area contributed by atoms with Crippen molar-refractivity contribution >= 4 is 34.8 Å². The second-order valence-electron chi connectivity index (χ2n) is 4.27. The van der Waals surface area contributed by atoms with E-state index in [1.807, 2.05) is 36.1 Å². The summed E-state index contributed by atoms with van der Waals surface area (Å²) in [6.07, 6.45) is 1.48. The second kappa shape index (κ2) is 8.12. The lowest BCUT2D eigenvalue weighted by atomic mass is 10.1. The number of aliphatic carboxylic acids is 1. The summed E-state index contributed by atoms with van der Waals surface area (Å²) in [5, 5.41) is 9.35. The normalized spacial score (nSPS) is 10.2. The Kier molecular flexibility index (Phi) is 6.81. The van der Waals surface area contributed by atoms with E-state index in [1.54, 1.807) is 0 Å². The van der Waals surface area contributed by atoms with Crippen LogP contribution in [0.2, 0.25) is 5.02 Å². The van der Waals surface area contributed by atoms with Gasteiger partial charge >= 0.3 is 5.97 Å². The fourth-order valence-electron chi connectivity index (χ4n) is 1.77. The fourth-order valence-corrected chi connectivity index (χ4v) is 2.28. The summed E-state index contributed by atoms with van der Waals surface area (Å²) in [7, 11) is 0. The van der Waals surface area contributed by atoms with E-state index in [0.29, 0.717) is 24.4 Å². The molecule has 1 aromatic carbocycles. The van der Waals surface area contributed by atoms with Crippen molar-refractivity contribution in [2.45, 2.75) is 26.2 Å². The molecule has 0 amide bonds. The predicted molar refractivity (Wildman–Crippen MR) is 81.9 cm³/mol. The molecule has 0 aliphatic rings. The van der Waals surface area contributed by atoms with E-state index in [0.717, 1.165) is 17.1 Å². The smallest absolute Gasteiger partial charge is 0.303 e. The first-order chi connectivity index (χ1) is 9.02. The van der Waals surface area contributed by atoms with Gasteiger partial charge < -0.3 is 10.0 Å². The zero-order valence-corrected chi connectivity index (χ0v) is 12.5. The van der Waals surface area contributed by atoms with Crippen LogP contribution in [0.15, 0.2) is 24.3 Å². The van der Waals surface area contributed by atoms with E-state index in [1.165, 1.54) is 0 Å². The highest BCUT2D eigenvalue weighted by molar-refractivity contribution is 7.80. The highest BCUT2D eigenvalue weighted by atomic mass is 35.5. The quantitative estimate of drug-likeness (QED) is 0.784. The van der Waals surface area contributed by atoms with Crippen molar-refractivity contribution in [2.24, 2.45) is 0 Å². The van der Waals surface area contributed by atoms with Crippen LogP contribution in [0.1, 0.15) is 25.3 Å².